The van der Waals surface area contributed by atoms with Crippen molar-refractivity contribution in [2.75, 3.05) is 13.7 Å². The van der Waals surface area contributed by atoms with Crippen molar-refractivity contribution in [1.82, 2.24) is 0 Å². The maximum atomic E-state index is 12.8. The van der Waals surface area contributed by atoms with Gasteiger partial charge in [-0.05, 0) is 36.3 Å². The quantitative estimate of drug-likeness (QED) is 0.126. The van der Waals surface area contributed by atoms with Crippen LogP contribution in [0.15, 0.2) is 48.6 Å². The Labute approximate surface area is 251 Å². The fourth-order valence-corrected chi connectivity index (χ4v) is 6.04. The van der Waals surface area contributed by atoms with E-state index in [1.54, 1.807) is 37.3 Å². The number of methoxy groups -OCH3 is 1. The van der Waals surface area contributed by atoms with Gasteiger partial charge in [0.25, 0.3) is 7.82 Å². The summed E-state index contributed by atoms with van der Waals surface area (Å²) in [6.07, 6.45) is 5.75. The number of hydrogen-bond acceptors (Lipinski definition) is 10. The number of phosphoric acid groups is 1. The molecule has 1 aromatic rings. The van der Waals surface area contributed by atoms with Crippen LogP contribution in [0.2, 0.25) is 5.02 Å². The summed E-state index contributed by atoms with van der Waals surface area (Å²) in [5, 5.41) is 29.9. The van der Waals surface area contributed by atoms with Gasteiger partial charge in [0.15, 0.2) is 6.10 Å². The highest BCUT2D eigenvalue weighted by Crippen LogP contribution is 2.44. The van der Waals surface area contributed by atoms with Crippen LogP contribution in [-0.4, -0.2) is 65.4 Å². The molecule has 0 radical (unpaired) electrons. The Bertz CT molecular complexity index is 1180. The van der Waals surface area contributed by atoms with Crippen molar-refractivity contribution in [1.29, 1.82) is 0 Å². The number of ether oxygens (including phenoxy) is 2. The van der Waals surface area contributed by atoms with Gasteiger partial charge in [0.2, 0.25) is 0 Å². The molecule has 1 aliphatic rings. The summed E-state index contributed by atoms with van der Waals surface area (Å²) >= 11 is 6.06. The van der Waals surface area contributed by atoms with Crippen LogP contribution < -0.4 is 4.89 Å². The Morgan fingerprint density at radius 3 is 2.60 bits per heavy atom. The summed E-state index contributed by atoms with van der Waals surface area (Å²) in [4.78, 5) is 36.1. The largest absolute Gasteiger partial charge is 0.756 e. The lowest BCUT2D eigenvalue weighted by Crippen LogP contribution is -2.37. The normalized spacial score (nSPS) is 22.4. The molecular weight excluding hydrogens is 591 g/mol. The van der Waals surface area contributed by atoms with Crippen LogP contribution in [0.5, 0.6) is 5.75 Å². The molecule has 3 N–H and O–H groups in total. The molecule has 0 fully saturated rings. The Balaban J connectivity index is 2.20. The highest BCUT2D eigenvalue weighted by atomic mass is 35.5. The van der Waals surface area contributed by atoms with Crippen LogP contribution in [-0.2, 0) is 32.7 Å². The van der Waals surface area contributed by atoms with Gasteiger partial charge < -0.3 is 38.7 Å². The van der Waals surface area contributed by atoms with Crippen LogP contribution in [0.3, 0.4) is 0 Å². The number of phenolic OH excluding ortho intramolecular Hbond substituents is 1. The number of rotatable bonds is 17. The number of benzene rings is 1. The smallest absolute Gasteiger partial charge is 0.335 e. The first-order valence-electron chi connectivity index (χ1n) is 13.6. The van der Waals surface area contributed by atoms with Gasteiger partial charge in [-0.15, -0.1) is 0 Å². The fraction of sp³-hybridized carbons (Fsp3) is 0.517. The predicted octanol–water partition coefficient (Wildman–Crippen LogP) is 4.51. The summed E-state index contributed by atoms with van der Waals surface area (Å²) < 4.78 is 33.2. The SMILES string of the molecule is CC[C@@H]1C=CC(=O)O[C@@H]1[C@H](C)C[C@@H](C)[C@H](C[C@H](O)/C=C\C=C/c1cccc(O)c1Cl)OP(=O)([O-])O[C@@H](COC)C(=O)O. The van der Waals surface area contributed by atoms with E-state index in [0.29, 0.717) is 12.0 Å². The zero-order chi connectivity index (χ0) is 31.4. The highest BCUT2D eigenvalue weighted by molar-refractivity contribution is 7.45. The number of aliphatic hydroxyl groups is 1. The minimum absolute atomic E-state index is 0.0103. The number of carboxylic acid groups (broad SMARTS) is 1. The number of aliphatic carboxylic acids is 1. The summed E-state index contributed by atoms with van der Waals surface area (Å²) in [5.74, 6) is -2.77. The van der Waals surface area contributed by atoms with Gasteiger partial charge in [-0.2, -0.15) is 0 Å². The number of cyclic esters (lactones) is 1. The van der Waals surface area contributed by atoms with Crippen molar-refractivity contribution in [3.8, 4) is 5.75 Å². The first-order chi connectivity index (χ1) is 19.8. The van der Waals surface area contributed by atoms with Crippen LogP contribution >= 0.6 is 19.4 Å². The fourth-order valence-electron chi connectivity index (χ4n) is 4.71. The molecule has 1 heterocycles. The number of aromatic hydroxyl groups is 1. The number of carbonyl (C=O) groups is 2. The number of phosphoric ester groups is 1. The Kier molecular flexibility index (Phi) is 14.4. The van der Waals surface area contributed by atoms with Crippen molar-refractivity contribution in [3.05, 3.63) is 59.2 Å². The molecule has 42 heavy (non-hydrogen) atoms. The lowest BCUT2D eigenvalue weighted by Gasteiger charge is -2.36. The molecule has 0 aliphatic carbocycles. The second kappa shape index (κ2) is 17.0. The van der Waals surface area contributed by atoms with Crippen molar-refractivity contribution < 1.29 is 52.9 Å². The summed E-state index contributed by atoms with van der Waals surface area (Å²) in [6, 6.07) is 4.77. The van der Waals surface area contributed by atoms with Crippen LogP contribution in [0.25, 0.3) is 6.08 Å². The molecule has 0 aromatic heterocycles. The Morgan fingerprint density at radius 2 is 1.95 bits per heavy atom. The lowest BCUT2D eigenvalue weighted by molar-refractivity contribution is -0.238. The average molecular weight is 630 g/mol. The van der Waals surface area contributed by atoms with Crippen molar-refractivity contribution in [2.24, 2.45) is 17.8 Å². The summed E-state index contributed by atoms with van der Waals surface area (Å²) in [7, 11) is -3.98. The number of halogens is 1. The maximum absolute atomic E-state index is 12.8. The molecule has 2 rings (SSSR count). The Morgan fingerprint density at radius 1 is 1.24 bits per heavy atom. The third-order valence-electron chi connectivity index (χ3n) is 6.88. The number of phenols is 1. The summed E-state index contributed by atoms with van der Waals surface area (Å²) in [5.41, 5.74) is 0.553. The molecule has 1 aliphatic heterocycles. The standard InChI is InChI=1S/C29H40ClO11P/c1-5-20-13-14-26(33)39-28(20)19(3)15-18(2)24(40-42(36,37)41-25(17-38-4)29(34)35)16-22(31)11-7-6-9-21-10-8-12-23(32)27(21)30/h6-14,18-20,22,24-25,28,31-32H,5,15-17H2,1-4H3,(H,34,35)(H,36,37)/p-1/b9-6-,11-7-/t18-,19-,20-,22-,24+,25+,28-/m1/s1. The third kappa shape index (κ3) is 11.3. The number of carboxylic acids is 1. The second-order valence-electron chi connectivity index (χ2n) is 10.2. The van der Waals surface area contributed by atoms with Crippen molar-refractivity contribution in [3.63, 3.8) is 0 Å². The van der Waals surface area contributed by atoms with Gasteiger partial charge in [-0.25, -0.2) is 9.59 Å². The van der Waals surface area contributed by atoms with E-state index in [1.165, 1.54) is 31.4 Å². The molecule has 0 saturated carbocycles. The molecular formula is C29H39ClO11P-. The molecule has 13 heteroatoms. The zero-order valence-corrected chi connectivity index (χ0v) is 25.6. The topological polar surface area (TPSA) is 172 Å². The van der Waals surface area contributed by atoms with Gasteiger partial charge in [0, 0.05) is 25.5 Å². The molecule has 8 atom stereocenters. The molecule has 0 saturated heterocycles. The van der Waals surface area contributed by atoms with E-state index in [-0.39, 0.29) is 29.0 Å². The van der Waals surface area contributed by atoms with E-state index >= 15 is 0 Å². The monoisotopic (exact) mass is 629 g/mol. The molecule has 0 bridgehead atoms. The number of esters is 1. The predicted molar refractivity (Wildman–Crippen MR) is 155 cm³/mol. The van der Waals surface area contributed by atoms with Crippen molar-refractivity contribution >= 4 is 37.4 Å². The zero-order valence-electron chi connectivity index (χ0n) is 24.0. The summed E-state index contributed by atoms with van der Waals surface area (Å²) in [6.45, 7) is 5.06. The molecule has 1 aromatic carbocycles. The molecule has 0 amide bonds. The van der Waals surface area contributed by atoms with E-state index in [1.807, 2.05) is 13.8 Å². The Hall–Kier alpha value is -2.50. The van der Waals surface area contributed by atoms with Crippen LogP contribution in [0.1, 0.15) is 45.6 Å². The second-order valence-corrected chi connectivity index (χ2v) is 11.9. The van der Waals surface area contributed by atoms with E-state index in [4.69, 9.17) is 30.1 Å². The average Bonchev–Trinajstić information content (AvgIpc) is 2.92. The lowest BCUT2D eigenvalue weighted by atomic mass is 9.81. The molecule has 234 valence electrons. The maximum Gasteiger partial charge on any atom is 0.335 e. The van der Waals surface area contributed by atoms with Gasteiger partial charge in [0.1, 0.15) is 11.9 Å². The number of allylic oxidation sites excluding steroid dienone is 2. The van der Waals surface area contributed by atoms with Gasteiger partial charge in [0.05, 0.1) is 23.8 Å². The van der Waals surface area contributed by atoms with Gasteiger partial charge in [-0.3, -0.25) is 4.57 Å². The first-order valence-corrected chi connectivity index (χ1v) is 15.4. The minimum atomic E-state index is -5.18. The van der Waals surface area contributed by atoms with E-state index in [2.05, 4.69) is 0 Å². The molecule has 1 unspecified atom stereocenters. The van der Waals surface area contributed by atoms with Gasteiger partial charge in [-0.1, -0.05) is 74.9 Å². The number of hydrogen-bond donors (Lipinski definition) is 3. The molecule has 0 spiro atoms. The molecule has 11 nitrogen and oxygen atoms in total. The van der Waals surface area contributed by atoms with E-state index < -0.39 is 56.7 Å². The van der Waals surface area contributed by atoms with Crippen LogP contribution in [0.4, 0.5) is 0 Å². The number of aliphatic hydroxyl groups excluding tert-OH is 1. The van der Waals surface area contributed by atoms with E-state index in [0.717, 1.165) is 6.42 Å². The third-order valence-corrected chi connectivity index (χ3v) is 8.33. The van der Waals surface area contributed by atoms with Gasteiger partial charge >= 0.3 is 11.9 Å². The number of carbonyl (C=O) groups excluding carboxylic acids is 1. The van der Waals surface area contributed by atoms with Crippen molar-refractivity contribution in [2.45, 2.75) is 64.4 Å². The minimum Gasteiger partial charge on any atom is -0.756 e. The highest BCUT2D eigenvalue weighted by Gasteiger charge is 2.35. The first kappa shape index (κ1) is 35.7. The van der Waals surface area contributed by atoms with Crippen LogP contribution in [0, 0.1) is 17.8 Å². The van der Waals surface area contributed by atoms with E-state index in [9.17, 15) is 34.4 Å².